The average molecular weight is 286 g/mol. The maximum atomic E-state index is 12.0. The van der Waals surface area contributed by atoms with Crippen LogP contribution in [0.15, 0.2) is 10.9 Å². The van der Waals surface area contributed by atoms with E-state index in [1.54, 1.807) is 16.7 Å². The van der Waals surface area contributed by atoms with E-state index in [2.05, 4.69) is 20.0 Å². The van der Waals surface area contributed by atoms with Gasteiger partial charge in [0.05, 0.1) is 19.0 Å². The van der Waals surface area contributed by atoms with Gasteiger partial charge in [-0.25, -0.2) is 4.79 Å². The summed E-state index contributed by atoms with van der Waals surface area (Å²) >= 11 is 1.66. The van der Waals surface area contributed by atoms with E-state index in [-0.39, 0.29) is 25.0 Å². The average Bonchev–Trinajstić information content (AvgIpc) is 2.89. The maximum Gasteiger partial charge on any atom is 0.318 e. The molecule has 0 bridgehead atoms. The lowest BCUT2D eigenvalue weighted by molar-refractivity contribution is -0.138. The van der Waals surface area contributed by atoms with Crippen LogP contribution in [0.2, 0.25) is 0 Å². The van der Waals surface area contributed by atoms with Crippen molar-refractivity contribution in [3.63, 3.8) is 0 Å². The summed E-state index contributed by atoms with van der Waals surface area (Å²) in [5.41, 5.74) is 0. The van der Waals surface area contributed by atoms with Gasteiger partial charge in [-0.1, -0.05) is 5.16 Å². The topological polar surface area (TPSA) is 109 Å². The molecule has 0 saturated carbocycles. The second-order valence-electron chi connectivity index (χ2n) is 4.03. The third-order valence-corrected chi connectivity index (χ3v) is 3.80. The molecule has 0 spiro atoms. The van der Waals surface area contributed by atoms with Crippen LogP contribution in [0.4, 0.5) is 4.79 Å². The monoisotopic (exact) mass is 286 g/mol. The van der Waals surface area contributed by atoms with Gasteiger partial charge in [0.2, 0.25) is 6.39 Å². The molecule has 9 heteroatoms. The fourth-order valence-electron chi connectivity index (χ4n) is 1.82. The molecule has 1 aromatic heterocycles. The number of hydrogen-bond acceptors (Lipinski definition) is 6. The lowest BCUT2D eigenvalue weighted by atomic mass is 10.2. The lowest BCUT2D eigenvalue weighted by Crippen LogP contribution is -2.51. The number of carboxylic acid groups (broad SMARTS) is 1. The van der Waals surface area contributed by atoms with E-state index in [1.807, 2.05) is 0 Å². The Kier molecular flexibility index (Phi) is 4.61. The molecular formula is C10H14N4O4S. The van der Waals surface area contributed by atoms with E-state index in [0.717, 1.165) is 5.75 Å². The summed E-state index contributed by atoms with van der Waals surface area (Å²) in [5.74, 6) is 0.936. The first-order valence-corrected chi connectivity index (χ1v) is 6.91. The summed E-state index contributed by atoms with van der Waals surface area (Å²) in [6.45, 7) is 0.708. The van der Waals surface area contributed by atoms with Gasteiger partial charge < -0.3 is 19.8 Å². The second-order valence-corrected chi connectivity index (χ2v) is 5.18. The molecule has 19 heavy (non-hydrogen) atoms. The van der Waals surface area contributed by atoms with Crippen molar-refractivity contribution in [3.05, 3.63) is 12.2 Å². The number of nitrogens with one attached hydrogen (secondary N) is 1. The quantitative estimate of drug-likeness (QED) is 0.812. The molecule has 1 aliphatic rings. The van der Waals surface area contributed by atoms with Gasteiger partial charge in [0.15, 0.2) is 5.82 Å². The standard InChI is InChI=1S/C10H14N4O4S/c15-9(16)3-7-5-19-2-1-14(7)10(17)11-4-8-12-6-18-13-8/h6-7H,1-5H2,(H,11,17)(H,15,16). The van der Waals surface area contributed by atoms with Crippen LogP contribution in [0, 0.1) is 0 Å². The molecule has 1 aromatic rings. The molecule has 8 nitrogen and oxygen atoms in total. The van der Waals surface area contributed by atoms with Gasteiger partial charge in [-0.15, -0.1) is 0 Å². The third kappa shape index (κ3) is 3.85. The maximum absolute atomic E-state index is 12.0. The zero-order valence-electron chi connectivity index (χ0n) is 10.1. The number of nitrogens with zero attached hydrogens (tertiary/aromatic N) is 3. The summed E-state index contributed by atoms with van der Waals surface area (Å²) in [5, 5.41) is 15.1. The summed E-state index contributed by atoms with van der Waals surface area (Å²) in [6.07, 6.45) is 1.15. The molecule has 0 aliphatic carbocycles. The highest BCUT2D eigenvalue weighted by molar-refractivity contribution is 7.99. The van der Waals surface area contributed by atoms with Crippen LogP contribution in [-0.2, 0) is 11.3 Å². The van der Waals surface area contributed by atoms with Gasteiger partial charge in [0.1, 0.15) is 0 Å². The summed E-state index contributed by atoms with van der Waals surface area (Å²) < 4.78 is 4.56. The molecule has 1 fully saturated rings. The minimum absolute atomic E-state index is 0.0391. The van der Waals surface area contributed by atoms with Crippen molar-refractivity contribution in [1.82, 2.24) is 20.4 Å². The van der Waals surface area contributed by atoms with Crippen molar-refractivity contribution in [2.24, 2.45) is 0 Å². The fraction of sp³-hybridized carbons (Fsp3) is 0.600. The molecule has 0 radical (unpaired) electrons. The number of carboxylic acids is 1. The first-order chi connectivity index (χ1) is 9.16. The molecule has 1 atom stereocenters. The van der Waals surface area contributed by atoms with Crippen molar-refractivity contribution in [3.8, 4) is 0 Å². The van der Waals surface area contributed by atoms with Crippen LogP contribution in [0.25, 0.3) is 0 Å². The Morgan fingerprint density at radius 2 is 2.47 bits per heavy atom. The molecule has 1 aliphatic heterocycles. The first kappa shape index (κ1) is 13.7. The van der Waals surface area contributed by atoms with Crippen LogP contribution in [-0.4, -0.2) is 56.2 Å². The van der Waals surface area contributed by atoms with Crippen molar-refractivity contribution in [1.29, 1.82) is 0 Å². The Balaban J connectivity index is 1.89. The summed E-state index contributed by atoms with van der Waals surface area (Å²) in [4.78, 5) is 28.1. The van der Waals surface area contributed by atoms with Crippen LogP contribution < -0.4 is 5.32 Å². The number of aliphatic carboxylic acids is 1. The highest BCUT2D eigenvalue weighted by Gasteiger charge is 2.28. The molecule has 1 saturated heterocycles. The molecule has 104 valence electrons. The van der Waals surface area contributed by atoms with E-state index in [4.69, 9.17) is 5.11 Å². The number of urea groups is 1. The number of amides is 2. The van der Waals surface area contributed by atoms with E-state index < -0.39 is 5.97 Å². The highest BCUT2D eigenvalue weighted by atomic mass is 32.2. The zero-order valence-corrected chi connectivity index (χ0v) is 10.9. The Morgan fingerprint density at radius 1 is 1.63 bits per heavy atom. The van der Waals surface area contributed by atoms with Crippen LogP contribution >= 0.6 is 11.8 Å². The largest absolute Gasteiger partial charge is 0.481 e. The summed E-state index contributed by atoms with van der Waals surface area (Å²) in [6, 6.07) is -0.571. The van der Waals surface area contributed by atoms with Crippen molar-refractivity contribution in [2.45, 2.75) is 19.0 Å². The van der Waals surface area contributed by atoms with E-state index >= 15 is 0 Å². The first-order valence-electron chi connectivity index (χ1n) is 5.76. The molecule has 2 rings (SSSR count). The Labute approximate surface area is 113 Å². The number of rotatable bonds is 4. The minimum atomic E-state index is -0.900. The molecular weight excluding hydrogens is 272 g/mol. The number of hydrogen-bond donors (Lipinski definition) is 2. The van der Waals surface area contributed by atoms with Gasteiger partial charge >= 0.3 is 12.0 Å². The van der Waals surface area contributed by atoms with Crippen molar-refractivity contribution in [2.75, 3.05) is 18.1 Å². The van der Waals surface area contributed by atoms with Crippen LogP contribution in [0.3, 0.4) is 0 Å². The lowest BCUT2D eigenvalue weighted by Gasteiger charge is -2.34. The smallest absolute Gasteiger partial charge is 0.318 e. The molecule has 1 unspecified atom stereocenters. The van der Waals surface area contributed by atoms with E-state index in [0.29, 0.717) is 18.1 Å². The van der Waals surface area contributed by atoms with E-state index in [1.165, 1.54) is 6.39 Å². The number of carbonyl (C=O) groups excluding carboxylic acids is 1. The SMILES string of the molecule is O=C(O)CC1CSCCN1C(=O)NCc1ncon1. The Morgan fingerprint density at radius 3 is 3.16 bits per heavy atom. The predicted octanol–water partition coefficient (Wildman–Crippen LogP) is 0.171. The Bertz CT molecular complexity index is 439. The second kappa shape index (κ2) is 6.41. The molecule has 2 amide bonds. The van der Waals surface area contributed by atoms with Gasteiger partial charge in [0, 0.05) is 18.1 Å². The van der Waals surface area contributed by atoms with Gasteiger partial charge in [-0.2, -0.15) is 16.7 Å². The van der Waals surface area contributed by atoms with Crippen LogP contribution in [0.5, 0.6) is 0 Å². The fourth-order valence-corrected chi connectivity index (χ4v) is 2.88. The highest BCUT2D eigenvalue weighted by Crippen LogP contribution is 2.19. The van der Waals surface area contributed by atoms with Crippen LogP contribution in [0.1, 0.15) is 12.2 Å². The third-order valence-electron chi connectivity index (χ3n) is 2.70. The molecule has 2 N–H and O–H groups in total. The zero-order chi connectivity index (χ0) is 13.7. The molecule has 0 aromatic carbocycles. The Hall–Kier alpha value is -1.77. The van der Waals surface area contributed by atoms with Gasteiger partial charge in [0.25, 0.3) is 0 Å². The van der Waals surface area contributed by atoms with E-state index in [9.17, 15) is 9.59 Å². The predicted molar refractivity (Wildman–Crippen MR) is 66.6 cm³/mol. The van der Waals surface area contributed by atoms with Crippen molar-refractivity contribution >= 4 is 23.8 Å². The normalized spacial score (nSPS) is 19.2. The summed E-state index contributed by atoms with van der Waals surface area (Å²) in [7, 11) is 0. The number of thioether (sulfide) groups is 1. The van der Waals surface area contributed by atoms with Gasteiger partial charge in [-0.05, 0) is 0 Å². The van der Waals surface area contributed by atoms with Crippen molar-refractivity contribution < 1.29 is 19.2 Å². The molecule has 2 heterocycles. The van der Waals surface area contributed by atoms with Gasteiger partial charge in [-0.3, -0.25) is 4.79 Å². The number of carbonyl (C=O) groups is 2. The number of aromatic nitrogens is 2. The minimum Gasteiger partial charge on any atom is -0.481 e.